The third-order valence-electron chi connectivity index (χ3n) is 4.05. The summed E-state index contributed by atoms with van der Waals surface area (Å²) in [5.41, 5.74) is 1.83. The lowest BCUT2D eigenvalue weighted by Crippen LogP contribution is -2.45. The van der Waals surface area contributed by atoms with Gasteiger partial charge in [-0.25, -0.2) is 9.07 Å². The second kappa shape index (κ2) is 6.75. The number of benzene rings is 1. The van der Waals surface area contributed by atoms with Crippen molar-refractivity contribution in [3.05, 3.63) is 54.6 Å². The summed E-state index contributed by atoms with van der Waals surface area (Å²) in [6, 6.07) is 7.36. The molecule has 1 fully saturated rings. The van der Waals surface area contributed by atoms with E-state index in [4.69, 9.17) is 0 Å². The Hall–Kier alpha value is -2.14. The van der Waals surface area contributed by atoms with E-state index in [0.717, 1.165) is 38.0 Å². The van der Waals surface area contributed by atoms with Gasteiger partial charge in [-0.15, -0.1) is 0 Å². The fourth-order valence-electron chi connectivity index (χ4n) is 2.90. The number of hydrogen-bond acceptors (Lipinski definition) is 3. The molecule has 1 aromatic carbocycles. The maximum atomic E-state index is 13.9. The minimum absolute atomic E-state index is 0.143. The van der Waals surface area contributed by atoms with Crippen molar-refractivity contribution in [2.75, 3.05) is 18.0 Å². The molecule has 1 aromatic heterocycles. The normalized spacial score (nSPS) is 18.4. The lowest BCUT2D eigenvalue weighted by molar-refractivity contribution is 0.418. The maximum Gasteiger partial charge on any atom is 0.146 e. The Morgan fingerprint density at radius 1 is 1.41 bits per heavy atom. The maximum absolute atomic E-state index is 13.9. The van der Waals surface area contributed by atoms with E-state index in [1.807, 2.05) is 24.5 Å². The second-order valence-electron chi connectivity index (χ2n) is 5.63. The molecule has 22 heavy (non-hydrogen) atoms. The molecule has 1 N–H and O–H groups in total. The van der Waals surface area contributed by atoms with Crippen molar-refractivity contribution in [2.45, 2.75) is 25.4 Å². The summed E-state index contributed by atoms with van der Waals surface area (Å²) in [5.74, 6) is -0.143. The van der Waals surface area contributed by atoms with E-state index in [0.29, 0.717) is 11.7 Å². The topological polar surface area (TPSA) is 33.1 Å². The standard InChI is InChI=1S/C17H21FN4/c1-2-22-12-14(11-20-22)10-19-15-6-5-9-21(13-15)17-8-4-3-7-16(17)18/h2-4,7-8,11-12,15,19H,1,5-6,9-10,13H2. The minimum Gasteiger partial charge on any atom is -0.368 e. The number of hydrogen-bond donors (Lipinski definition) is 1. The zero-order valence-electron chi connectivity index (χ0n) is 12.6. The fraction of sp³-hybridized carbons (Fsp3) is 0.353. The highest BCUT2D eigenvalue weighted by molar-refractivity contribution is 5.48. The van der Waals surface area contributed by atoms with Gasteiger partial charge in [0.2, 0.25) is 0 Å². The number of aromatic nitrogens is 2. The molecule has 1 saturated heterocycles. The molecule has 1 aliphatic heterocycles. The summed E-state index contributed by atoms with van der Waals surface area (Å²) in [4.78, 5) is 2.13. The first kappa shape index (κ1) is 14.8. The predicted molar refractivity (Wildman–Crippen MR) is 87.1 cm³/mol. The van der Waals surface area contributed by atoms with Crippen LogP contribution in [-0.2, 0) is 6.54 Å². The molecular formula is C17H21FN4. The van der Waals surface area contributed by atoms with Crippen LogP contribution in [0.5, 0.6) is 0 Å². The highest BCUT2D eigenvalue weighted by Gasteiger charge is 2.21. The molecule has 2 heterocycles. The van der Waals surface area contributed by atoms with Crippen LogP contribution in [0, 0.1) is 5.82 Å². The SMILES string of the molecule is C=Cn1cc(CNC2CCCN(c3ccccc3F)C2)cn1. The zero-order valence-corrected chi connectivity index (χ0v) is 12.6. The molecule has 0 saturated carbocycles. The molecule has 1 aliphatic rings. The van der Waals surface area contributed by atoms with Crippen molar-refractivity contribution in [1.82, 2.24) is 15.1 Å². The van der Waals surface area contributed by atoms with E-state index in [9.17, 15) is 4.39 Å². The Balaban J connectivity index is 1.59. The first-order valence-corrected chi connectivity index (χ1v) is 7.64. The third-order valence-corrected chi connectivity index (χ3v) is 4.05. The van der Waals surface area contributed by atoms with Gasteiger partial charge in [-0.1, -0.05) is 18.7 Å². The van der Waals surface area contributed by atoms with Crippen molar-refractivity contribution in [3.63, 3.8) is 0 Å². The Labute approximate surface area is 130 Å². The van der Waals surface area contributed by atoms with Crippen LogP contribution in [-0.4, -0.2) is 28.9 Å². The van der Waals surface area contributed by atoms with E-state index in [1.165, 1.54) is 6.07 Å². The van der Waals surface area contributed by atoms with Gasteiger partial charge in [0.15, 0.2) is 0 Å². The number of nitrogens with one attached hydrogen (secondary N) is 1. The summed E-state index contributed by atoms with van der Waals surface area (Å²) >= 11 is 0. The highest BCUT2D eigenvalue weighted by atomic mass is 19.1. The van der Waals surface area contributed by atoms with Crippen molar-refractivity contribution in [1.29, 1.82) is 0 Å². The van der Waals surface area contributed by atoms with Gasteiger partial charge in [-0.2, -0.15) is 5.10 Å². The van der Waals surface area contributed by atoms with Gasteiger partial charge in [0, 0.05) is 43.6 Å². The van der Waals surface area contributed by atoms with Crippen LogP contribution in [0.15, 0.2) is 43.2 Å². The van der Waals surface area contributed by atoms with Crippen molar-refractivity contribution >= 4 is 11.9 Å². The molecule has 116 valence electrons. The second-order valence-corrected chi connectivity index (χ2v) is 5.63. The summed E-state index contributed by atoms with van der Waals surface area (Å²) in [6.45, 7) is 6.19. The van der Waals surface area contributed by atoms with Crippen LogP contribution < -0.4 is 10.2 Å². The number of para-hydroxylation sites is 1. The smallest absolute Gasteiger partial charge is 0.146 e. The van der Waals surface area contributed by atoms with Gasteiger partial charge in [0.05, 0.1) is 11.9 Å². The Morgan fingerprint density at radius 2 is 2.27 bits per heavy atom. The van der Waals surface area contributed by atoms with Gasteiger partial charge in [0.1, 0.15) is 5.82 Å². The first-order valence-electron chi connectivity index (χ1n) is 7.64. The molecule has 0 aliphatic carbocycles. The fourth-order valence-corrected chi connectivity index (χ4v) is 2.90. The van der Waals surface area contributed by atoms with Crippen molar-refractivity contribution < 1.29 is 4.39 Å². The Bertz CT molecular complexity index is 637. The molecule has 1 atom stereocenters. The Morgan fingerprint density at radius 3 is 3.05 bits per heavy atom. The van der Waals surface area contributed by atoms with Gasteiger partial charge in [-0.3, -0.25) is 0 Å². The van der Waals surface area contributed by atoms with Gasteiger partial charge in [0.25, 0.3) is 0 Å². The van der Waals surface area contributed by atoms with Crippen LogP contribution in [0.2, 0.25) is 0 Å². The zero-order chi connectivity index (χ0) is 15.4. The van der Waals surface area contributed by atoms with Gasteiger partial charge >= 0.3 is 0 Å². The third kappa shape index (κ3) is 3.36. The molecule has 1 unspecified atom stereocenters. The highest BCUT2D eigenvalue weighted by Crippen LogP contribution is 2.23. The summed E-state index contributed by atoms with van der Waals surface area (Å²) < 4.78 is 15.6. The molecule has 0 radical (unpaired) electrons. The average molecular weight is 300 g/mol. The number of nitrogens with zero attached hydrogens (tertiary/aromatic N) is 3. The van der Waals surface area contributed by atoms with E-state index >= 15 is 0 Å². The molecule has 0 bridgehead atoms. The molecule has 0 spiro atoms. The summed E-state index contributed by atoms with van der Waals surface area (Å²) in [7, 11) is 0. The minimum atomic E-state index is -0.143. The largest absolute Gasteiger partial charge is 0.368 e. The van der Waals surface area contributed by atoms with Crippen LogP contribution in [0.3, 0.4) is 0 Å². The molecule has 0 amide bonds. The van der Waals surface area contributed by atoms with Crippen LogP contribution in [0.1, 0.15) is 18.4 Å². The van der Waals surface area contributed by atoms with E-state index in [-0.39, 0.29) is 5.82 Å². The predicted octanol–water partition coefficient (Wildman–Crippen LogP) is 2.88. The number of rotatable bonds is 5. The van der Waals surface area contributed by atoms with Gasteiger partial charge in [-0.05, 0) is 25.0 Å². The summed E-state index contributed by atoms with van der Waals surface area (Å²) in [6.07, 6.45) is 7.64. The number of anilines is 1. The molecular weight excluding hydrogens is 279 g/mol. The van der Waals surface area contributed by atoms with Gasteiger partial charge < -0.3 is 10.2 Å². The lowest BCUT2D eigenvalue weighted by Gasteiger charge is -2.35. The monoisotopic (exact) mass is 300 g/mol. The van der Waals surface area contributed by atoms with Crippen molar-refractivity contribution in [2.24, 2.45) is 0 Å². The first-order chi connectivity index (χ1) is 10.8. The number of piperidine rings is 1. The van der Waals surface area contributed by atoms with Crippen LogP contribution >= 0.6 is 0 Å². The van der Waals surface area contributed by atoms with E-state index in [1.54, 1.807) is 16.9 Å². The molecule has 4 nitrogen and oxygen atoms in total. The van der Waals surface area contributed by atoms with E-state index < -0.39 is 0 Å². The van der Waals surface area contributed by atoms with Crippen LogP contribution in [0.4, 0.5) is 10.1 Å². The van der Waals surface area contributed by atoms with E-state index in [2.05, 4.69) is 21.9 Å². The average Bonchev–Trinajstić information content (AvgIpc) is 3.02. The molecule has 3 rings (SSSR count). The Kier molecular flexibility index (Phi) is 4.53. The quantitative estimate of drug-likeness (QED) is 0.922. The number of halogens is 1. The molecule has 5 heteroatoms. The lowest BCUT2D eigenvalue weighted by atomic mass is 10.0. The van der Waals surface area contributed by atoms with Crippen molar-refractivity contribution in [3.8, 4) is 0 Å². The summed E-state index contributed by atoms with van der Waals surface area (Å²) in [5, 5.41) is 7.71. The molecule has 2 aromatic rings. The van der Waals surface area contributed by atoms with Crippen LogP contribution in [0.25, 0.3) is 6.20 Å².